The van der Waals surface area contributed by atoms with Gasteiger partial charge in [0.2, 0.25) is 0 Å². The van der Waals surface area contributed by atoms with Crippen LogP contribution in [-0.2, 0) is 6.42 Å². The van der Waals surface area contributed by atoms with Crippen LogP contribution in [0.4, 0.5) is 0 Å². The third-order valence-corrected chi connectivity index (χ3v) is 7.43. The minimum Gasteiger partial charge on any atom is -0.490 e. The summed E-state index contributed by atoms with van der Waals surface area (Å²) in [5, 5.41) is 0. The highest BCUT2D eigenvalue weighted by Crippen LogP contribution is 2.19. The molecule has 0 fully saturated rings. The number of rotatable bonds is 24. The van der Waals surface area contributed by atoms with Gasteiger partial charge in [-0.15, -0.1) is 0 Å². The molecule has 0 amide bonds. The predicted octanol–water partition coefficient (Wildman–Crippen LogP) is 10.9. The highest BCUT2D eigenvalue weighted by molar-refractivity contribution is 5.55. The summed E-state index contributed by atoms with van der Waals surface area (Å²) in [7, 11) is 0. The van der Waals surface area contributed by atoms with Crippen LogP contribution in [0.5, 0.6) is 5.75 Å². The van der Waals surface area contributed by atoms with E-state index in [0.29, 0.717) is 0 Å². The number of hydrogen-bond acceptors (Lipinski definition) is 3. The molecule has 0 N–H and O–H groups in total. The number of aryl methyl sites for hydroxylation is 1. The summed E-state index contributed by atoms with van der Waals surface area (Å²) in [5.41, 5.74) is 2.49. The van der Waals surface area contributed by atoms with E-state index in [1.54, 1.807) is 0 Å². The summed E-state index contributed by atoms with van der Waals surface area (Å²) in [4.78, 5) is 9.08. The fraction of sp³-hybridized carbons (Fsp3) is 0.706. The van der Waals surface area contributed by atoms with E-state index in [1.807, 2.05) is 12.4 Å². The van der Waals surface area contributed by atoms with Gasteiger partial charge in [-0.2, -0.15) is 0 Å². The molecule has 0 aliphatic rings. The summed E-state index contributed by atoms with van der Waals surface area (Å²) in [6.45, 7) is 5.32. The molecule has 2 rings (SSSR count). The predicted molar refractivity (Wildman–Crippen MR) is 160 cm³/mol. The van der Waals surface area contributed by atoms with Crippen molar-refractivity contribution in [2.24, 2.45) is 0 Å². The van der Waals surface area contributed by atoms with Gasteiger partial charge in [0.05, 0.1) is 19.0 Å². The number of benzene rings is 1. The van der Waals surface area contributed by atoms with Crippen molar-refractivity contribution in [2.45, 2.75) is 149 Å². The van der Waals surface area contributed by atoms with E-state index in [9.17, 15) is 0 Å². The van der Waals surface area contributed by atoms with Crippen molar-refractivity contribution in [2.75, 3.05) is 6.61 Å². The van der Waals surface area contributed by atoms with Crippen molar-refractivity contribution in [3.05, 3.63) is 42.2 Å². The van der Waals surface area contributed by atoms with Crippen LogP contribution >= 0.6 is 0 Å². The van der Waals surface area contributed by atoms with Crippen molar-refractivity contribution in [3.8, 4) is 17.1 Å². The quantitative estimate of drug-likeness (QED) is 0.132. The third kappa shape index (κ3) is 15.8. The fourth-order valence-corrected chi connectivity index (χ4v) is 4.96. The van der Waals surface area contributed by atoms with Crippen molar-refractivity contribution in [1.82, 2.24) is 9.97 Å². The SMILES string of the molecule is CCCCCCCCCCCCCc1ccc(-c2ncc(OCCCCCCCCCCC)cn2)cc1. The first kappa shape index (κ1) is 31.3. The minimum atomic E-state index is 0.756. The Labute approximate surface area is 229 Å². The molecule has 0 saturated carbocycles. The molecule has 0 saturated heterocycles. The highest BCUT2D eigenvalue weighted by atomic mass is 16.5. The molecule has 0 bridgehead atoms. The van der Waals surface area contributed by atoms with E-state index >= 15 is 0 Å². The van der Waals surface area contributed by atoms with Crippen LogP contribution in [0.25, 0.3) is 11.4 Å². The second-order valence-electron chi connectivity index (χ2n) is 10.9. The second-order valence-corrected chi connectivity index (χ2v) is 10.9. The standard InChI is InChI=1S/C34H56N2O/c1-3-5-7-9-11-13-14-15-17-19-21-23-31-24-26-32(27-25-31)34-35-29-33(30-36-34)37-28-22-20-18-16-12-10-8-6-4-2/h24-27,29-30H,3-23,28H2,1-2H3. The van der Waals surface area contributed by atoms with Crippen molar-refractivity contribution in [3.63, 3.8) is 0 Å². The lowest BCUT2D eigenvalue weighted by molar-refractivity contribution is 0.302. The van der Waals surface area contributed by atoms with Crippen LogP contribution in [-0.4, -0.2) is 16.6 Å². The topological polar surface area (TPSA) is 35.0 Å². The number of ether oxygens (including phenoxy) is 1. The van der Waals surface area contributed by atoms with E-state index in [-0.39, 0.29) is 0 Å². The molecular weight excluding hydrogens is 452 g/mol. The Morgan fingerprint density at radius 1 is 0.514 bits per heavy atom. The molecule has 0 aliphatic carbocycles. The molecular formula is C34H56N2O. The summed E-state index contributed by atoms with van der Waals surface area (Å²) in [6, 6.07) is 8.80. The van der Waals surface area contributed by atoms with Gasteiger partial charge < -0.3 is 4.74 Å². The molecule has 3 heteroatoms. The van der Waals surface area contributed by atoms with E-state index < -0.39 is 0 Å². The van der Waals surface area contributed by atoms with E-state index in [0.717, 1.165) is 30.2 Å². The zero-order chi connectivity index (χ0) is 26.2. The van der Waals surface area contributed by atoms with Gasteiger partial charge in [-0.3, -0.25) is 0 Å². The Hall–Kier alpha value is -1.90. The average molecular weight is 509 g/mol. The fourth-order valence-electron chi connectivity index (χ4n) is 4.96. The van der Waals surface area contributed by atoms with Crippen LogP contribution in [0.3, 0.4) is 0 Å². The number of aromatic nitrogens is 2. The average Bonchev–Trinajstić information content (AvgIpc) is 2.93. The van der Waals surface area contributed by atoms with Crippen LogP contribution in [0.2, 0.25) is 0 Å². The molecule has 1 aromatic carbocycles. The van der Waals surface area contributed by atoms with Gasteiger partial charge in [0.25, 0.3) is 0 Å². The van der Waals surface area contributed by atoms with Crippen molar-refractivity contribution < 1.29 is 4.74 Å². The second kappa shape index (κ2) is 22.1. The molecule has 208 valence electrons. The van der Waals surface area contributed by atoms with Crippen LogP contribution in [0, 0.1) is 0 Å². The normalized spacial score (nSPS) is 11.2. The largest absolute Gasteiger partial charge is 0.490 e. The summed E-state index contributed by atoms with van der Waals surface area (Å²) in [5.74, 6) is 1.55. The van der Waals surface area contributed by atoms with Gasteiger partial charge in [-0.1, -0.05) is 154 Å². The Morgan fingerprint density at radius 3 is 1.43 bits per heavy atom. The zero-order valence-corrected chi connectivity index (χ0v) is 24.3. The Morgan fingerprint density at radius 2 is 0.946 bits per heavy atom. The summed E-state index contributed by atoms with van der Waals surface area (Å²) < 4.78 is 5.86. The molecule has 37 heavy (non-hydrogen) atoms. The number of unbranched alkanes of at least 4 members (excludes halogenated alkanes) is 18. The Bertz CT molecular complexity index is 756. The van der Waals surface area contributed by atoms with Crippen molar-refractivity contribution >= 4 is 0 Å². The lowest BCUT2D eigenvalue weighted by Gasteiger charge is -2.07. The first-order chi connectivity index (χ1) is 18.3. The van der Waals surface area contributed by atoms with Gasteiger partial charge in [-0.25, -0.2) is 9.97 Å². The molecule has 2 aromatic rings. The van der Waals surface area contributed by atoms with E-state index in [4.69, 9.17) is 4.74 Å². The monoisotopic (exact) mass is 508 g/mol. The number of hydrogen-bond donors (Lipinski definition) is 0. The van der Waals surface area contributed by atoms with Gasteiger partial charge in [-0.05, 0) is 24.8 Å². The van der Waals surface area contributed by atoms with Crippen molar-refractivity contribution in [1.29, 1.82) is 0 Å². The molecule has 0 radical (unpaired) electrons. The Balaban J connectivity index is 1.52. The smallest absolute Gasteiger partial charge is 0.159 e. The van der Waals surface area contributed by atoms with Crippen LogP contribution < -0.4 is 4.74 Å². The van der Waals surface area contributed by atoms with Gasteiger partial charge in [0.15, 0.2) is 11.6 Å². The van der Waals surface area contributed by atoms with E-state index in [2.05, 4.69) is 48.1 Å². The molecule has 1 heterocycles. The summed E-state index contributed by atoms with van der Waals surface area (Å²) in [6.07, 6.45) is 32.1. The Kier molecular flexibility index (Phi) is 18.7. The molecule has 0 atom stereocenters. The molecule has 0 unspecified atom stereocenters. The lowest BCUT2D eigenvalue weighted by atomic mass is 10.0. The minimum absolute atomic E-state index is 0.756. The molecule has 3 nitrogen and oxygen atoms in total. The van der Waals surface area contributed by atoms with Gasteiger partial charge in [0.1, 0.15) is 0 Å². The maximum atomic E-state index is 5.86. The molecule has 0 aliphatic heterocycles. The zero-order valence-electron chi connectivity index (χ0n) is 24.3. The van der Waals surface area contributed by atoms with E-state index in [1.165, 1.54) is 134 Å². The summed E-state index contributed by atoms with van der Waals surface area (Å²) >= 11 is 0. The van der Waals surface area contributed by atoms with Gasteiger partial charge in [0, 0.05) is 5.56 Å². The maximum Gasteiger partial charge on any atom is 0.159 e. The highest BCUT2D eigenvalue weighted by Gasteiger charge is 2.03. The van der Waals surface area contributed by atoms with Crippen LogP contribution in [0.15, 0.2) is 36.7 Å². The van der Waals surface area contributed by atoms with Crippen LogP contribution in [0.1, 0.15) is 148 Å². The lowest BCUT2D eigenvalue weighted by Crippen LogP contribution is -1.99. The first-order valence-corrected chi connectivity index (χ1v) is 15.9. The maximum absolute atomic E-state index is 5.86. The molecule has 1 aromatic heterocycles. The molecule has 0 spiro atoms. The number of nitrogens with zero attached hydrogens (tertiary/aromatic N) is 2. The third-order valence-electron chi connectivity index (χ3n) is 7.43. The van der Waals surface area contributed by atoms with Gasteiger partial charge >= 0.3 is 0 Å². The first-order valence-electron chi connectivity index (χ1n) is 15.9.